The van der Waals surface area contributed by atoms with Gasteiger partial charge in [0, 0.05) is 0 Å². The molecule has 104 valence electrons. The normalized spacial score (nSPS) is 13.5. The zero-order valence-electron chi connectivity index (χ0n) is 9.89. The Morgan fingerprint density at radius 2 is 1.89 bits per heavy atom. The molecule has 0 saturated carbocycles. The third-order valence-electron chi connectivity index (χ3n) is 1.66. The van der Waals surface area contributed by atoms with Gasteiger partial charge in [0.2, 0.25) is 5.01 Å². The van der Waals surface area contributed by atoms with Crippen LogP contribution in [-0.2, 0) is 11.0 Å². The van der Waals surface area contributed by atoms with Crippen LogP contribution in [0, 0.1) is 5.41 Å². The number of halogens is 3. The Hall–Kier alpha value is -1.22. The summed E-state index contributed by atoms with van der Waals surface area (Å²) in [7, 11) is 0. The van der Waals surface area contributed by atoms with Gasteiger partial charge in [0.05, 0.1) is 0 Å². The fraction of sp³-hybridized carbons (Fsp3) is 0.667. The zero-order chi connectivity index (χ0) is 14.6. The first-order chi connectivity index (χ1) is 7.96. The number of hydrogen-bond donors (Lipinski definition) is 2. The lowest BCUT2D eigenvalue weighted by Crippen LogP contribution is -2.33. The first-order valence-corrected chi connectivity index (χ1v) is 5.58. The number of carboxylic acids is 1. The number of rotatable bonds is 1. The summed E-state index contributed by atoms with van der Waals surface area (Å²) in [5, 5.41) is 22.1. The number of carbonyl (C=O) groups is 1. The molecule has 0 aliphatic carbocycles. The van der Waals surface area contributed by atoms with Crippen LogP contribution in [0.3, 0.4) is 0 Å². The minimum absolute atomic E-state index is 0.483. The fourth-order valence-electron chi connectivity index (χ4n) is 0.667. The van der Waals surface area contributed by atoms with Crippen molar-refractivity contribution in [3.63, 3.8) is 0 Å². The fourth-order valence-corrected chi connectivity index (χ4v) is 1.09. The van der Waals surface area contributed by atoms with Gasteiger partial charge in [-0.3, -0.25) is 0 Å². The van der Waals surface area contributed by atoms with Gasteiger partial charge in [-0.25, -0.2) is 4.79 Å². The molecule has 0 spiro atoms. The highest BCUT2D eigenvalue weighted by molar-refractivity contribution is 7.09. The van der Waals surface area contributed by atoms with Crippen molar-refractivity contribution in [1.82, 2.24) is 10.2 Å². The van der Waals surface area contributed by atoms with E-state index < -0.39 is 28.7 Å². The molecule has 0 aliphatic heterocycles. The summed E-state index contributed by atoms with van der Waals surface area (Å²) in [5.41, 5.74) is 0.481. The first kappa shape index (κ1) is 16.8. The van der Waals surface area contributed by atoms with Crippen LogP contribution in [-0.4, -0.2) is 32.5 Å². The van der Waals surface area contributed by atoms with Gasteiger partial charge in [-0.05, 0) is 5.41 Å². The maximum atomic E-state index is 11.5. The van der Waals surface area contributed by atoms with Crippen molar-refractivity contribution >= 4 is 17.3 Å². The molecule has 2 N–H and O–H groups in total. The van der Waals surface area contributed by atoms with Crippen LogP contribution in [0.25, 0.3) is 0 Å². The number of aromatic nitrogens is 2. The number of alkyl halides is 3. The molecule has 1 aromatic rings. The van der Waals surface area contributed by atoms with E-state index in [0.717, 1.165) is 5.51 Å². The second-order valence-electron chi connectivity index (χ2n) is 4.35. The average molecular weight is 286 g/mol. The lowest BCUT2D eigenvalue weighted by molar-refractivity contribution is -0.152. The molecule has 5 nitrogen and oxygen atoms in total. The van der Waals surface area contributed by atoms with Crippen LogP contribution in [0.1, 0.15) is 25.8 Å². The second-order valence-corrected chi connectivity index (χ2v) is 5.18. The Kier molecular flexibility index (Phi) is 5.68. The van der Waals surface area contributed by atoms with E-state index in [1.165, 1.54) is 0 Å². The summed E-state index contributed by atoms with van der Waals surface area (Å²) in [6.07, 6.45) is -5.60. The molecule has 1 aromatic heterocycles. The molecule has 1 unspecified atom stereocenters. The van der Waals surface area contributed by atoms with E-state index in [9.17, 15) is 18.0 Å². The number of nitrogens with zero attached hydrogens (tertiary/aromatic N) is 2. The standard InChI is InChI=1S/C6H12O3.C3HF3N2S/c1-6(2,3)4(7)5(8)9;4-3(5,6)2-8-7-1-9-2/h4,7H,1-3H3,(H,8,9);1H. The predicted octanol–water partition coefficient (Wildman–Crippen LogP) is 2.03. The Balaban J connectivity index is 0.000000321. The SMILES string of the molecule is CC(C)(C)C(O)C(=O)O.FC(F)(F)c1nncs1. The van der Waals surface area contributed by atoms with E-state index >= 15 is 0 Å². The molecule has 0 radical (unpaired) electrons. The summed E-state index contributed by atoms with van der Waals surface area (Å²) < 4.78 is 34.6. The van der Waals surface area contributed by atoms with Gasteiger partial charge in [0.15, 0.2) is 6.10 Å². The first-order valence-electron chi connectivity index (χ1n) is 4.70. The molecule has 0 saturated heterocycles. The van der Waals surface area contributed by atoms with Crippen molar-refractivity contribution in [2.24, 2.45) is 5.41 Å². The van der Waals surface area contributed by atoms with Crippen LogP contribution < -0.4 is 0 Å². The Bertz CT molecular complexity index is 373. The highest BCUT2D eigenvalue weighted by Crippen LogP contribution is 2.29. The molecule has 1 atom stereocenters. The quantitative estimate of drug-likeness (QED) is 0.825. The van der Waals surface area contributed by atoms with Crippen molar-refractivity contribution in [3.05, 3.63) is 10.5 Å². The van der Waals surface area contributed by atoms with E-state index in [1.807, 2.05) is 0 Å². The molecule has 0 bridgehead atoms. The van der Waals surface area contributed by atoms with Crippen LogP contribution in [0.2, 0.25) is 0 Å². The van der Waals surface area contributed by atoms with Gasteiger partial charge in [0.25, 0.3) is 0 Å². The van der Waals surface area contributed by atoms with Crippen molar-refractivity contribution in [1.29, 1.82) is 0 Å². The largest absolute Gasteiger partial charge is 0.479 e. The van der Waals surface area contributed by atoms with Gasteiger partial charge < -0.3 is 10.2 Å². The highest BCUT2D eigenvalue weighted by atomic mass is 32.1. The number of aliphatic hydroxyl groups excluding tert-OH is 1. The Morgan fingerprint density at radius 1 is 1.39 bits per heavy atom. The summed E-state index contributed by atoms with van der Waals surface area (Å²) in [4.78, 5) is 10.1. The minimum Gasteiger partial charge on any atom is -0.479 e. The smallest absolute Gasteiger partial charge is 0.445 e. The van der Waals surface area contributed by atoms with Crippen LogP contribution in [0.4, 0.5) is 13.2 Å². The summed E-state index contributed by atoms with van der Waals surface area (Å²) in [6.45, 7) is 5.02. The molecule has 0 aliphatic rings. The van der Waals surface area contributed by atoms with Crippen molar-refractivity contribution < 1.29 is 28.2 Å². The number of carboxylic acid groups (broad SMARTS) is 1. The van der Waals surface area contributed by atoms with E-state index in [1.54, 1.807) is 20.8 Å². The molecule has 0 aromatic carbocycles. The Morgan fingerprint density at radius 3 is 2.00 bits per heavy atom. The molecule has 0 fully saturated rings. The average Bonchev–Trinajstić information content (AvgIpc) is 2.67. The highest BCUT2D eigenvalue weighted by Gasteiger charge is 2.34. The molecule has 0 amide bonds. The summed E-state index contributed by atoms with van der Waals surface area (Å²) >= 11 is 0.483. The molecule has 1 heterocycles. The minimum atomic E-state index is -4.33. The van der Waals surface area contributed by atoms with Crippen molar-refractivity contribution in [2.45, 2.75) is 33.1 Å². The Labute approximate surface area is 105 Å². The third-order valence-corrected chi connectivity index (χ3v) is 2.39. The third kappa shape index (κ3) is 5.92. The van der Waals surface area contributed by atoms with E-state index in [2.05, 4.69) is 10.2 Å². The molecular weight excluding hydrogens is 273 g/mol. The van der Waals surface area contributed by atoms with Gasteiger partial charge in [0.1, 0.15) is 5.51 Å². The number of hydrogen-bond acceptors (Lipinski definition) is 5. The van der Waals surface area contributed by atoms with Crippen LogP contribution in [0.15, 0.2) is 5.51 Å². The van der Waals surface area contributed by atoms with Crippen LogP contribution in [0.5, 0.6) is 0 Å². The van der Waals surface area contributed by atoms with Gasteiger partial charge in [-0.15, -0.1) is 10.2 Å². The lowest BCUT2D eigenvalue weighted by Gasteiger charge is -2.21. The second kappa shape index (κ2) is 6.10. The monoisotopic (exact) mass is 286 g/mol. The van der Waals surface area contributed by atoms with E-state index in [4.69, 9.17) is 10.2 Å². The number of aliphatic hydroxyl groups is 1. The van der Waals surface area contributed by atoms with Crippen LogP contribution >= 0.6 is 11.3 Å². The predicted molar refractivity (Wildman–Crippen MR) is 58.0 cm³/mol. The maximum absolute atomic E-state index is 11.5. The zero-order valence-corrected chi connectivity index (χ0v) is 10.7. The van der Waals surface area contributed by atoms with Gasteiger partial charge in [-0.1, -0.05) is 32.1 Å². The molecule has 1 rings (SSSR count). The van der Waals surface area contributed by atoms with Crippen molar-refractivity contribution in [2.75, 3.05) is 0 Å². The topological polar surface area (TPSA) is 83.3 Å². The van der Waals surface area contributed by atoms with Crippen molar-refractivity contribution in [3.8, 4) is 0 Å². The van der Waals surface area contributed by atoms with E-state index in [0.29, 0.717) is 11.3 Å². The molecular formula is C9H13F3N2O3S. The molecule has 18 heavy (non-hydrogen) atoms. The van der Waals surface area contributed by atoms with Gasteiger partial charge >= 0.3 is 12.1 Å². The van der Waals surface area contributed by atoms with Gasteiger partial charge in [-0.2, -0.15) is 13.2 Å². The molecule has 9 heteroatoms. The van der Waals surface area contributed by atoms with E-state index in [-0.39, 0.29) is 0 Å². The summed E-state index contributed by atoms with van der Waals surface area (Å²) in [6, 6.07) is 0. The summed E-state index contributed by atoms with van der Waals surface area (Å²) in [5.74, 6) is -1.16. The number of aliphatic carboxylic acids is 1. The lowest BCUT2D eigenvalue weighted by atomic mass is 9.89. The maximum Gasteiger partial charge on any atom is 0.445 e.